The third kappa shape index (κ3) is 5.65. The van der Waals surface area contributed by atoms with Crippen molar-refractivity contribution in [1.29, 1.82) is 0 Å². The second kappa shape index (κ2) is 8.48. The monoisotopic (exact) mass is 291 g/mol. The van der Waals surface area contributed by atoms with Crippen molar-refractivity contribution in [3.8, 4) is 0 Å². The van der Waals surface area contributed by atoms with Crippen LogP contribution in [-0.4, -0.2) is 43.1 Å². The Bertz CT molecular complexity index is 165. The molecule has 2 unspecified atom stereocenters. The SMILES string of the molecule is CCCC(CBr)CN(C)CC1CCCCO1. The number of hydrogen-bond acceptors (Lipinski definition) is 2. The fourth-order valence-corrected chi connectivity index (χ4v) is 2.97. The van der Waals surface area contributed by atoms with E-state index in [1.54, 1.807) is 0 Å². The molecule has 0 bridgehead atoms. The minimum Gasteiger partial charge on any atom is -0.377 e. The van der Waals surface area contributed by atoms with Crippen molar-refractivity contribution in [3.63, 3.8) is 0 Å². The molecule has 1 fully saturated rings. The van der Waals surface area contributed by atoms with Gasteiger partial charge in [-0.2, -0.15) is 0 Å². The Labute approximate surface area is 109 Å². The summed E-state index contributed by atoms with van der Waals surface area (Å²) in [5.41, 5.74) is 0. The summed E-state index contributed by atoms with van der Waals surface area (Å²) >= 11 is 3.61. The van der Waals surface area contributed by atoms with Gasteiger partial charge in [-0.25, -0.2) is 0 Å². The number of hydrogen-bond donors (Lipinski definition) is 0. The molecule has 1 heterocycles. The van der Waals surface area contributed by atoms with E-state index in [2.05, 4.69) is 34.8 Å². The third-order valence-corrected chi connectivity index (χ3v) is 4.19. The van der Waals surface area contributed by atoms with E-state index in [1.807, 2.05) is 0 Å². The highest BCUT2D eigenvalue weighted by atomic mass is 79.9. The Morgan fingerprint density at radius 3 is 2.81 bits per heavy atom. The summed E-state index contributed by atoms with van der Waals surface area (Å²) in [4.78, 5) is 2.44. The first-order valence-corrected chi connectivity index (χ1v) is 7.74. The van der Waals surface area contributed by atoms with Crippen LogP contribution in [0.15, 0.2) is 0 Å². The molecule has 0 aromatic rings. The fourth-order valence-electron chi connectivity index (χ4n) is 2.44. The zero-order valence-electron chi connectivity index (χ0n) is 10.8. The highest BCUT2D eigenvalue weighted by Gasteiger charge is 2.17. The van der Waals surface area contributed by atoms with Crippen LogP contribution in [0.4, 0.5) is 0 Å². The van der Waals surface area contributed by atoms with Crippen LogP contribution in [-0.2, 0) is 4.74 Å². The van der Waals surface area contributed by atoms with Crippen molar-refractivity contribution in [1.82, 2.24) is 4.90 Å². The lowest BCUT2D eigenvalue weighted by Crippen LogP contribution is -2.36. The summed E-state index contributed by atoms with van der Waals surface area (Å²) in [6.07, 6.45) is 6.92. The molecule has 1 aliphatic heterocycles. The summed E-state index contributed by atoms with van der Waals surface area (Å²) in [5.74, 6) is 0.790. The van der Waals surface area contributed by atoms with Crippen LogP contribution in [0.25, 0.3) is 0 Å². The number of likely N-dealkylation sites (N-methyl/N-ethyl adjacent to an activating group) is 1. The predicted molar refractivity (Wildman–Crippen MR) is 73.3 cm³/mol. The van der Waals surface area contributed by atoms with Gasteiger partial charge >= 0.3 is 0 Å². The number of halogens is 1. The Morgan fingerprint density at radius 1 is 1.44 bits per heavy atom. The molecule has 0 saturated carbocycles. The van der Waals surface area contributed by atoms with E-state index in [4.69, 9.17) is 4.74 Å². The molecule has 3 heteroatoms. The first-order valence-electron chi connectivity index (χ1n) is 6.62. The lowest BCUT2D eigenvalue weighted by Gasteiger charge is -2.29. The van der Waals surface area contributed by atoms with Crippen molar-refractivity contribution >= 4 is 15.9 Å². The predicted octanol–water partition coefficient (Wildman–Crippen LogP) is 3.30. The van der Waals surface area contributed by atoms with Crippen molar-refractivity contribution < 1.29 is 4.74 Å². The molecule has 1 aliphatic rings. The summed E-state index contributed by atoms with van der Waals surface area (Å²) in [6.45, 7) is 5.53. The van der Waals surface area contributed by atoms with E-state index < -0.39 is 0 Å². The number of alkyl halides is 1. The van der Waals surface area contributed by atoms with E-state index in [0.29, 0.717) is 6.10 Å². The smallest absolute Gasteiger partial charge is 0.0701 e. The molecule has 96 valence electrons. The fraction of sp³-hybridized carbons (Fsp3) is 1.00. The lowest BCUT2D eigenvalue weighted by molar-refractivity contribution is -0.00317. The molecule has 1 rings (SSSR count). The van der Waals surface area contributed by atoms with Crippen molar-refractivity contribution in [3.05, 3.63) is 0 Å². The van der Waals surface area contributed by atoms with Gasteiger partial charge in [-0.1, -0.05) is 29.3 Å². The van der Waals surface area contributed by atoms with Crippen LogP contribution in [0, 0.1) is 5.92 Å². The molecule has 0 N–H and O–H groups in total. The first-order chi connectivity index (χ1) is 7.76. The maximum Gasteiger partial charge on any atom is 0.0701 e. The van der Waals surface area contributed by atoms with E-state index in [0.717, 1.165) is 24.4 Å². The average molecular weight is 292 g/mol. The molecule has 0 spiro atoms. The van der Waals surface area contributed by atoms with E-state index in [1.165, 1.54) is 38.6 Å². The number of nitrogens with zero attached hydrogens (tertiary/aromatic N) is 1. The standard InChI is InChI=1S/C13H26BrNO/c1-3-6-12(9-14)10-15(2)11-13-7-4-5-8-16-13/h12-13H,3-11H2,1-2H3. The molecule has 2 atom stereocenters. The molecule has 0 radical (unpaired) electrons. The van der Waals surface area contributed by atoms with Crippen molar-refractivity contribution in [2.24, 2.45) is 5.92 Å². The van der Waals surface area contributed by atoms with Gasteiger partial charge in [0.25, 0.3) is 0 Å². The Kier molecular flexibility index (Phi) is 7.67. The van der Waals surface area contributed by atoms with Crippen LogP contribution in [0.5, 0.6) is 0 Å². The second-order valence-electron chi connectivity index (χ2n) is 5.02. The largest absolute Gasteiger partial charge is 0.377 e. The topological polar surface area (TPSA) is 12.5 Å². The zero-order chi connectivity index (χ0) is 11.8. The molecule has 0 aromatic heterocycles. The Hall–Kier alpha value is 0.400. The van der Waals surface area contributed by atoms with Crippen LogP contribution < -0.4 is 0 Å². The normalized spacial score (nSPS) is 23.6. The van der Waals surface area contributed by atoms with Gasteiger partial charge in [0.15, 0.2) is 0 Å². The summed E-state index contributed by atoms with van der Waals surface area (Å²) in [7, 11) is 2.23. The van der Waals surface area contributed by atoms with E-state index >= 15 is 0 Å². The second-order valence-corrected chi connectivity index (χ2v) is 5.67. The van der Waals surface area contributed by atoms with Gasteiger partial charge in [0.05, 0.1) is 6.10 Å². The highest BCUT2D eigenvalue weighted by molar-refractivity contribution is 9.09. The summed E-state index contributed by atoms with van der Waals surface area (Å²) < 4.78 is 5.77. The van der Waals surface area contributed by atoms with Gasteiger partial charge < -0.3 is 9.64 Å². The minimum atomic E-state index is 0.483. The molecule has 0 aromatic carbocycles. The maximum absolute atomic E-state index is 5.77. The Morgan fingerprint density at radius 2 is 2.25 bits per heavy atom. The molecule has 0 aliphatic carbocycles. The van der Waals surface area contributed by atoms with E-state index in [-0.39, 0.29) is 0 Å². The highest BCUT2D eigenvalue weighted by Crippen LogP contribution is 2.15. The third-order valence-electron chi connectivity index (χ3n) is 3.27. The lowest BCUT2D eigenvalue weighted by atomic mass is 10.0. The van der Waals surface area contributed by atoms with Crippen LogP contribution >= 0.6 is 15.9 Å². The number of rotatable bonds is 7. The molecule has 2 nitrogen and oxygen atoms in total. The van der Waals surface area contributed by atoms with Gasteiger partial charge in [0.2, 0.25) is 0 Å². The maximum atomic E-state index is 5.77. The first kappa shape index (κ1) is 14.5. The van der Waals surface area contributed by atoms with Crippen LogP contribution in [0.1, 0.15) is 39.0 Å². The molecule has 1 saturated heterocycles. The molecule has 16 heavy (non-hydrogen) atoms. The molecule has 0 amide bonds. The van der Waals surface area contributed by atoms with Gasteiger partial charge in [-0.3, -0.25) is 0 Å². The summed E-state index contributed by atoms with van der Waals surface area (Å²) in [6, 6.07) is 0. The average Bonchev–Trinajstić information content (AvgIpc) is 2.29. The molecular weight excluding hydrogens is 266 g/mol. The minimum absolute atomic E-state index is 0.483. The van der Waals surface area contributed by atoms with Crippen molar-refractivity contribution in [2.75, 3.05) is 32.1 Å². The van der Waals surface area contributed by atoms with Crippen molar-refractivity contribution in [2.45, 2.75) is 45.1 Å². The quantitative estimate of drug-likeness (QED) is 0.668. The zero-order valence-corrected chi connectivity index (χ0v) is 12.3. The summed E-state index contributed by atoms with van der Waals surface area (Å²) in [5, 5.41) is 1.12. The Balaban J connectivity index is 2.19. The van der Waals surface area contributed by atoms with Gasteiger partial charge in [0.1, 0.15) is 0 Å². The van der Waals surface area contributed by atoms with Gasteiger partial charge in [-0.05, 0) is 38.6 Å². The van der Waals surface area contributed by atoms with E-state index in [9.17, 15) is 0 Å². The van der Waals surface area contributed by atoms with Crippen LogP contribution in [0.2, 0.25) is 0 Å². The number of ether oxygens (including phenoxy) is 1. The molecular formula is C13H26BrNO. The van der Waals surface area contributed by atoms with Gasteiger partial charge in [0, 0.05) is 25.0 Å². The van der Waals surface area contributed by atoms with Gasteiger partial charge in [-0.15, -0.1) is 0 Å². The van der Waals surface area contributed by atoms with Crippen LogP contribution in [0.3, 0.4) is 0 Å².